The summed E-state index contributed by atoms with van der Waals surface area (Å²) in [5.41, 5.74) is 2.89. The number of aryl methyl sites for hydroxylation is 2. The third kappa shape index (κ3) is 3.91. The molecule has 0 unspecified atom stereocenters. The van der Waals surface area contributed by atoms with Crippen LogP contribution in [0.2, 0.25) is 0 Å². The molecular weight excluding hydrogens is 228 g/mol. The third-order valence-electron chi connectivity index (χ3n) is 2.74. The molecule has 0 saturated heterocycles. The highest BCUT2D eigenvalue weighted by Gasteiger charge is 2.06. The van der Waals surface area contributed by atoms with Gasteiger partial charge in [-0.25, -0.2) is 4.79 Å². The summed E-state index contributed by atoms with van der Waals surface area (Å²) in [6.45, 7) is 6.32. The standard InChI is InChI=1S/C15H20O3/c1-5-13(15(16)17-4)8-9-18-14-10-11(2)6-7-12(14)3/h6-8,10H,5,9H2,1-4H3. The highest BCUT2D eigenvalue weighted by Crippen LogP contribution is 2.19. The average Bonchev–Trinajstić information content (AvgIpc) is 2.37. The van der Waals surface area contributed by atoms with Crippen LogP contribution in [0.1, 0.15) is 24.5 Å². The van der Waals surface area contributed by atoms with Crippen LogP contribution in [0.5, 0.6) is 5.75 Å². The summed E-state index contributed by atoms with van der Waals surface area (Å²) in [4.78, 5) is 11.4. The van der Waals surface area contributed by atoms with Gasteiger partial charge in [0, 0.05) is 5.57 Å². The first-order valence-electron chi connectivity index (χ1n) is 6.05. The molecule has 0 aromatic heterocycles. The number of carbonyl (C=O) groups excluding carboxylic acids is 1. The maximum absolute atomic E-state index is 11.4. The highest BCUT2D eigenvalue weighted by atomic mass is 16.5. The topological polar surface area (TPSA) is 35.5 Å². The molecule has 0 aliphatic carbocycles. The Balaban J connectivity index is 2.67. The highest BCUT2D eigenvalue weighted by molar-refractivity contribution is 5.88. The molecule has 98 valence electrons. The second kappa shape index (κ2) is 6.84. The minimum absolute atomic E-state index is 0.290. The van der Waals surface area contributed by atoms with E-state index in [-0.39, 0.29) is 5.97 Å². The molecule has 1 aromatic rings. The van der Waals surface area contributed by atoms with Gasteiger partial charge in [0.15, 0.2) is 0 Å². The zero-order valence-electron chi connectivity index (χ0n) is 11.4. The minimum Gasteiger partial charge on any atom is -0.489 e. The first kappa shape index (κ1) is 14.3. The van der Waals surface area contributed by atoms with Crippen molar-refractivity contribution in [1.82, 2.24) is 0 Å². The SMILES string of the molecule is CCC(=CCOc1cc(C)ccc1C)C(=O)OC. The van der Waals surface area contributed by atoms with Crippen molar-refractivity contribution in [2.75, 3.05) is 13.7 Å². The largest absolute Gasteiger partial charge is 0.489 e. The quantitative estimate of drug-likeness (QED) is 0.593. The summed E-state index contributed by atoms with van der Waals surface area (Å²) in [5, 5.41) is 0. The Labute approximate surface area is 108 Å². The number of benzene rings is 1. The van der Waals surface area contributed by atoms with Crippen LogP contribution in [0, 0.1) is 13.8 Å². The number of ether oxygens (including phenoxy) is 2. The molecule has 0 amide bonds. The lowest BCUT2D eigenvalue weighted by Gasteiger charge is -2.08. The molecule has 0 spiro atoms. The molecule has 0 atom stereocenters. The number of methoxy groups -OCH3 is 1. The van der Waals surface area contributed by atoms with Gasteiger partial charge in [0.2, 0.25) is 0 Å². The van der Waals surface area contributed by atoms with E-state index < -0.39 is 0 Å². The van der Waals surface area contributed by atoms with Crippen molar-refractivity contribution in [1.29, 1.82) is 0 Å². The summed E-state index contributed by atoms with van der Waals surface area (Å²) in [7, 11) is 1.39. The second-order valence-electron chi connectivity index (χ2n) is 4.15. The Hall–Kier alpha value is -1.77. The van der Waals surface area contributed by atoms with Gasteiger partial charge in [-0.2, -0.15) is 0 Å². The van der Waals surface area contributed by atoms with Gasteiger partial charge < -0.3 is 9.47 Å². The first-order valence-corrected chi connectivity index (χ1v) is 6.05. The smallest absolute Gasteiger partial charge is 0.333 e. The van der Waals surface area contributed by atoms with E-state index in [1.54, 1.807) is 6.08 Å². The van der Waals surface area contributed by atoms with Crippen LogP contribution in [0.4, 0.5) is 0 Å². The Kier molecular flexibility index (Phi) is 5.43. The maximum atomic E-state index is 11.4. The van der Waals surface area contributed by atoms with Crippen LogP contribution < -0.4 is 4.74 Å². The fourth-order valence-electron chi connectivity index (χ4n) is 1.60. The lowest BCUT2D eigenvalue weighted by atomic mass is 10.1. The predicted molar refractivity (Wildman–Crippen MR) is 71.8 cm³/mol. The van der Waals surface area contributed by atoms with Crippen LogP contribution >= 0.6 is 0 Å². The van der Waals surface area contributed by atoms with E-state index in [9.17, 15) is 4.79 Å². The Bertz CT molecular complexity index is 447. The van der Waals surface area contributed by atoms with E-state index in [1.807, 2.05) is 39.0 Å². The number of hydrogen-bond acceptors (Lipinski definition) is 3. The summed E-state index contributed by atoms with van der Waals surface area (Å²) >= 11 is 0. The number of hydrogen-bond donors (Lipinski definition) is 0. The molecule has 0 aliphatic heterocycles. The first-order chi connectivity index (χ1) is 8.58. The average molecular weight is 248 g/mol. The van der Waals surface area contributed by atoms with E-state index in [2.05, 4.69) is 4.74 Å². The van der Waals surface area contributed by atoms with Crippen LogP contribution in [0.25, 0.3) is 0 Å². The van der Waals surface area contributed by atoms with Crippen LogP contribution in [-0.2, 0) is 9.53 Å². The summed E-state index contributed by atoms with van der Waals surface area (Å²) in [5.74, 6) is 0.564. The summed E-state index contributed by atoms with van der Waals surface area (Å²) in [6.07, 6.45) is 2.41. The summed E-state index contributed by atoms with van der Waals surface area (Å²) < 4.78 is 10.3. The van der Waals surface area contributed by atoms with E-state index in [0.29, 0.717) is 18.6 Å². The van der Waals surface area contributed by atoms with E-state index >= 15 is 0 Å². The molecule has 3 nitrogen and oxygen atoms in total. The van der Waals surface area contributed by atoms with Crippen molar-refractivity contribution in [3.05, 3.63) is 41.0 Å². The third-order valence-corrected chi connectivity index (χ3v) is 2.74. The molecule has 1 rings (SSSR count). The van der Waals surface area contributed by atoms with E-state index in [4.69, 9.17) is 4.74 Å². The van der Waals surface area contributed by atoms with Crippen LogP contribution in [-0.4, -0.2) is 19.7 Å². The fourth-order valence-corrected chi connectivity index (χ4v) is 1.60. The van der Waals surface area contributed by atoms with Gasteiger partial charge in [0.1, 0.15) is 12.4 Å². The zero-order valence-corrected chi connectivity index (χ0v) is 11.4. The zero-order chi connectivity index (χ0) is 13.5. The van der Waals surface area contributed by atoms with Gasteiger partial charge >= 0.3 is 5.97 Å². The van der Waals surface area contributed by atoms with Gasteiger partial charge in [0.05, 0.1) is 7.11 Å². The molecule has 3 heteroatoms. The Morgan fingerprint density at radius 3 is 2.67 bits per heavy atom. The lowest BCUT2D eigenvalue weighted by molar-refractivity contribution is -0.136. The molecular formula is C15H20O3. The van der Waals surface area contributed by atoms with Gasteiger partial charge in [0.25, 0.3) is 0 Å². The normalized spacial score (nSPS) is 11.2. The molecule has 0 bridgehead atoms. The maximum Gasteiger partial charge on any atom is 0.333 e. The minimum atomic E-state index is -0.290. The lowest BCUT2D eigenvalue weighted by Crippen LogP contribution is -2.06. The van der Waals surface area contributed by atoms with Crippen molar-refractivity contribution in [2.45, 2.75) is 27.2 Å². The van der Waals surface area contributed by atoms with Crippen LogP contribution in [0.15, 0.2) is 29.8 Å². The molecule has 0 fully saturated rings. The number of esters is 1. The van der Waals surface area contributed by atoms with Crippen molar-refractivity contribution < 1.29 is 14.3 Å². The molecule has 0 N–H and O–H groups in total. The van der Waals surface area contributed by atoms with E-state index in [1.165, 1.54) is 7.11 Å². The van der Waals surface area contributed by atoms with E-state index in [0.717, 1.165) is 16.9 Å². The number of carbonyl (C=O) groups is 1. The monoisotopic (exact) mass is 248 g/mol. The Morgan fingerprint density at radius 2 is 2.06 bits per heavy atom. The fraction of sp³-hybridized carbons (Fsp3) is 0.400. The molecule has 1 aromatic carbocycles. The molecule has 0 heterocycles. The van der Waals surface area contributed by atoms with Gasteiger partial charge in [-0.1, -0.05) is 19.1 Å². The van der Waals surface area contributed by atoms with Crippen LogP contribution in [0.3, 0.4) is 0 Å². The van der Waals surface area contributed by atoms with Crippen molar-refractivity contribution in [3.8, 4) is 5.75 Å². The molecule has 0 radical (unpaired) electrons. The van der Waals surface area contributed by atoms with Gasteiger partial charge in [-0.3, -0.25) is 0 Å². The summed E-state index contributed by atoms with van der Waals surface area (Å²) in [6, 6.07) is 6.06. The number of rotatable bonds is 5. The second-order valence-corrected chi connectivity index (χ2v) is 4.15. The van der Waals surface area contributed by atoms with Gasteiger partial charge in [-0.05, 0) is 43.5 Å². The van der Waals surface area contributed by atoms with Gasteiger partial charge in [-0.15, -0.1) is 0 Å². The predicted octanol–water partition coefficient (Wildman–Crippen LogP) is 3.19. The molecule has 0 saturated carbocycles. The molecule has 18 heavy (non-hydrogen) atoms. The van der Waals surface area contributed by atoms with Crippen molar-refractivity contribution >= 4 is 5.97 Å². The van der Waals surface area contributed by atoms with Crippen molar-refractivity contribution in [2.24, 2.45) is 0 Å². The molecule has 0 aliphatic rings. The Morgan fingerprint density at radius 1 is 1.33 bits per heavy atom. The van der Waals surface area contributed by atoms with Crippen molar-refractivity contribution in [3.63, 3.8) is 0 Å².